The number of hydrogen-bond donors (Lipinski definition) is 0. The summed E-state index contributed by atoms with van der Waals surface area (Å²) in [6, 6.07) is 0. The summed E-state index contributed by atoms with van der Waals surface area (Å²) in [5, 5.41) is 0. The highest BCUT2D eigenvalue weighted by Crippen LogP contribution is 2.32. The van der Waals surface area contributed by atoms with E-state index in [-0.39, 0.29) is 11.8 Å². The molecule has 0 radical (unpaired) electrons. The van der Waals surface area contributed by atoms with Gasteiger partial charge < -0.3 is 4.90 Å². The number of nitrogens with zero attached hydrogens (tertiary/aromatic N) is 2. The van der Waals surface area contributed by atoms with Gasteiger partial charge in [-0.25, -0.2) is 8.42 Å². The van der Waals surface area contributed by atoms with Crippen LogP contribution in [0.5, 0.6) is 0 Å². The standard InChI is InChI=1S/C21H32N2O3S/c1-14-15(2)17(4)20(18(5)16(14)3)27(25,26)23-12-10-22(11-13-23)21(24)19-8-6-7-9-19/h19H,6-13H2,1-5H3. The van der Waals surface area contributed by atoms with E-state index in [1.54, 1.807) is 4.31 Å². The third-order valence-electron chi connectivity index (χ3n) is 6.78. The van der Waals surface area contributed by atoms with E-state index >= 15 is 0 Å². The Bertz CT molecular complexity index is 818. The van der Waals surface area contributed by atoms with Crippen LogP contribution in [0.2, 0.25) is 0 Å². The van der Waals surface area contributed by atoms with Gasteiger partial charge in [0.15, 0.2) is 0 Å². The molecule has 1 aliphatic carbocycles. The number of carbonyl (C=O) groups is 1. The molecule has 0 spiro atoms. The van der Waals surface area contributed by atoms with Crippen LogP contribution in [0.15, 0.2) is 4.90 Å². The van der Waals surface area contributed by atoms with Crippen molar-refractivity contribution in [2.45, 2.75) is 65.2 Å². The Kier molecular flexibility index (Phi) is 5.69. The van der Waals surface area contributed by atoms with Crippen molar-refractivity contribution in [1.29, 1.82) is 0 Å². The normalized spacial score (nSPS) is 19.7. The fraction of sp³-hybridized carbons (Fsp3) is 0.667. The molecule has 5 nitrogen and oxygen atoms in total. The van der Waals surface area contributed by atoms with Crippen LogP contribution in [0.3, 0.4) is 0 Å². The first kappa shape index (κ1) is 20.3. The highest BCUT2D eigenvalue weighted by Gasteiger charge is 2.35. The number of sulfonamides is 1. The zero-order valence-electron chi connectivity index (χ0n) is 17.3. The third kappa shape index (κ3) is 3.54. The number of rotatable bonds is 3. The molecule has 1 saturated heterocycles. The van der Waals surface area contributed by atoms with E-state index in [1.807, 2.05) is 32.6 Å². The first-order chi connectivity index (χ1) is 12.7. The lowest BCUT2D eigenvalue weighted by atomic mass is 9.95. The predicted octanol–water partition coefficient (Wildman–Crippen LogP) is 3.25. The molecule has 0 aromatic heterocycles. The van der Waals surface area contributed by atoms with E-state index in [4.69, 9.17) is 0 Å². The van der Waals surface area contributed by atoms with Crippen molar-refractivity contribution in [2.75, 3.05) is 26.2 Å². The Morgan fingerprint density at radius 3 is 1.70 bits per heavy atom. The molecule has 150 valence electrons. The van der Waals surface area contributed by atoms with Crippen LogP contribution < -0.4 is 0 Å². The first-order valence-electron chi connectivity index (χ1n) is 10.0. The molecule has 1 heterocycles. The molecule has 2 aliphatic rings. The summed E-state index contributed by atoms with van der Waals surface area (Å²) in [6.07, 6.45) is 4.24. The van der Waals surface area contributed by atoms with Gasteiger partial charge in [0, 0.05) is 32.1 Å². The van der Waals surface area contributed by atoms with Crippen LogP contribution in [0.4, 0.5) is 0 Å². The van der Waals surface area contributed by atoms with Gasteiger partial charge in [0.05, 0.1) is 4.90 Å². The van der Waals surface area contributed by atoms with E-state index < -0.39 is 10.0 Å². The number of amides is 1. The van der Waals surface area contributed by atoms with Gasteiger partial charge >= 0.3 is 0 Å². The van der Waals surface area contributed by atoms with Crippen molar-refractivity contribution in [1.82, 2.24) is 9.21 Å². The van der Waals surface area contributed by atoms with E-state index in [2.05, 4.69) is 6.92 Å². The molecule has 1 amide bonds. The number of benzene rings is 1. The first-order valence-corrected chi connectivity index (χ1v) is 11.5. The molecule has 3 rings (SSSR count). The fourth-order valence-corrected chi connectivity index (χ4v) is 6.54. The summed E-state index contributed by atoms with van der Waals surface area (Å²) >= 11 is 0. The minimum atomic E-state index is -3.56. The molecule has 0 N–H and O–H groups in total. The van der Waals surface area contributed by atoms with E-state index in [0.717, 1.165) is 53.5 Å². The largest absolute Gasteiger partial charge is 0.340 e. The maximum absolute atomic E-state index is 13.4. The van der Waals surface area contributed by atoms with Gasteiger partial charge in [0.1, 0.15) is 0 Å². The Morgan fingerprint density at radius 2 is 1.22 bits per heavy atom. The zero-order chi connectivity index (χ0) is 19.9. The van der Waals surface area contributed by atoms with Crippen LogP contribution in [-0.2, 0) is 14.8 Å². The van der Waals surface area contributed by atoms with Gasteiger partial charge in [0.25, 0.3) is 0 Å². The number of carbonyl (C=O) groups excluding carboxylic acids is 1. The summed E-state index contributed by atoms with van der Waals surface area (Å²) in [7, 11) is -3.56. The Labute approximate surface area is 163 Å². The van der Waals surface area contributed by atoms with Crippen molar-refractivity contribution in [2.24, 2.45) is 5.92 Å². The molecule has 6 heteroatoms. The summed E-state index contributed by atoms with van der Waals surface area (Å²) in [5.74, 6) is 0.374. The molecule has 0 unspecified atom stereocenters. The molecular weight excluding hydrogens is 360 g/mol. The molecule has 1 saturated carbocycles. The molecule has 0 bridgehead atoms. The third-order valence-corrected chi connectivity index (χ3v) is 8.96. The quantitative estimate of drug-likeness (QED) is 0.793. The van der Waals surface area contributed by atoms with Crippen molar-refractivity contribution < 1.29 is 13.2 Å². The smallest absolute Gasteiger partial charge is 0.243 e. The fourth-order valence-electron chi connectivity index (χ4n) is 4.56. The van der Waals surface area contributed by atoms with Crippen LogP contribution >= 0.6 is 0 Å². The van der Waals surface area contributed by atoms with Crippen molar-refractivity contribution in [3.63, 3.8) is 0 Å². The van der Waals surface area contributed by atoms with Gasteiger partial charge in [0.2, 0.25) is 15.9 Å². The minimum Gasteiger partial charge on any atom is -0.340 e. The maximum atomic E-state index is 13.4. The second kappa shape index (κ2) is 7.55. The van der Waals surface area contributed by atoms with Crippen LogP contribution in [0.25, 0.3) is 0 Å². The van der Waals surface area contributed by atoms with Gasteiger partial charge in [-0.2, -0.15) is 4.31 Å². The van der Waals surface area contributed by atoms with Crippen molar-refractivity contribution in [3.05, 3.63) is 27.8 Å². The van der Waals surface area contributed by atoms with E-state index in [9.17, 15) is 13.2 Å². The lowest BCUT2D eigenvalue weighted by Gasteiger charge is -2.36. The van der Waals surface area contributed by atoms with Crippen LogP contribution in [-0.4, -0.2) is 49.7 Å². The van der Waals surface area contributed by atoms with Crippen molar-refractivity contribution in [3.8, 4) is 0 Å². The predicted molar refractivity (Wildman–Crippen MR) is 107 cm³/mol. The monoisotopic (exact) mass is 392 g/mol. The lowest BCUT2D eigenvalue weighted by Crippen LogP contribution is -2.51. The summed E-state index contributed by atoms with van der Waals surface area (Å²) < 4.78 is 28.4. The molecule has 27 heavy (non-hydrogen) atoms. The Hall–Kier alpha value is -1.40. The maximum Gasteiger partial charge on any atom is 0.243 e. The number of hydrogen-bond acceptors (Lipinski definition) is 3. The van der Waals surface area contributed by atoms with Gasteiger partial charge in [-0.3, -0.25) is 4.79 Å². The van der Waals surface area contributed by atoms with Crippen molar-refractivity contribution >= 4 is 15.9 Å². The van der Waals surface area contributed by atoms with Gasteiger partial charge in [-0.05, 0) is 75.3 Å². The SMILES string of the molecule is Cc1c(C)c(C)c(S(=O)(=O)N2CCN(C(=O)C3CCCC3)CC2)c(C)c1C. The highest BCUT2D eigenvalue weighted by atomic mass is 32.2. The highest BCUT2D eigenvalue weighted by molar-refractivity contribution is 7.89. The summed E-state index contributed by atoms with van der Waals surface area (Å²) in [4.78, 5) is 14.9. The molecule has 1 aromatic carbocycles. The second-order valence-electron chi connectivity index (χ2n) is 8.16. The molecule has 2 fully saturated rings. The van der Waals surface area contributed by atoms with E-state index in [0.29, 0.717) is 31.1 Å². The Balaban J connectivity index is 1.81. The molecule has 1 aliphatic heterocycles. The average molecular weight is 393 g/mol. The van der Waals surface area contributed by atoms with E-state index in [1.165, 1.54) is 0 Å². The average Bonchev–Trinajstić information content (AvgIpc) is 3.19. The number of piperazine rings is 1. The zero-order valence-corrected chi connectivity index (χ0v) is 18.1. The van der Waals surface area contributed by atoms with Crippen LogP contribution in [0.1, 0.15) is 53.5 Å². The van der Waals surface area contributed by atoms with Gasteiger partial charge in [-0.15, -0.1) is 0 Å². The molecular formula is C21H32N2O3S. The molecule has 0 atom stereocenters. The molecule has 1 aromatic rings. The van der Waals surface area contributed by atoms with Gasteiger partial charge in [-0.1, -0.05) is 12.8 Å². The summed E-state index contributed by atoms with van der Waals surface area (Å²) in [6.45, 7) is 11.6. The van der Waals surface area contributed by atoms with Crippen LogP contribution in [0, 0.1) is 40.5 Å². The second-order valence-corrected chi connectivity index (χ2v) is 10.0. The topological polar surface area (TPSA) is 57.7 Å². The minimum absolute atomic E-state index is 0.153. The lowest BCUT2D eigenvalue weighted by molar-refractivity contribution is -0.136. The summed E-state index contributed by atoms with van der Waals surface area (Å²) in [5.41, 5.74) is 4.95. The Morgan fingerprint density at radius 1 is 0.778 bits per heavy atom.